The van der Waals surface area contributed by atoms with Crippen LogP contribution in [0.3, 0.4) is 0 Å². The van der Waals surface area contributed by atoms with Crippen LogP contribution < -0.4 is 5.32 Å². The normalized spacial score (nSPS) is 19.9. The summed E-state index contributed by atoms with van der Waals surface area (Å²) in [4.78, 5) is 20.6. The molecule has 50 valence electrons. The van der Waals surface area contributed by atoms with Gasteiger partial charge in [-0.05, 0) is 0 Å². The van der Waals surface area contributed by atoms with Crippen molar-refractivity contribution in [2.75, 3.05) is 6.54 Å². The van der Waals surface area contributed by atoms with E-state index >= 15 is 0 Å². The lowest BCUT2D eigenvalue weighted by Crippen LogP contribution is -2.46. The Balaban J connectivity index is 2.54. The van der Waals surface area contributed by atoms with Crippen LogP contribution in [-0.4, -0.2) is 23.5 Å². The molecule has 1 aliphatic rings. The Labute approximate surface area is 51.2 Å². The number of rotatable bonds is 0. The van der Waals surface area contributed by atoms with Crippen LogP contribution in [0.2, 0.25) is 0 Å². The fourth-order valence-electron chi connectivity index (χ4n) is 0.549. The highest BCUT2D eigenvalue weighted by Crippen LogP contribution is 1.95. The molecule has 3 amide bonds. The predicted octanol–water partition coefficient (Wildman–Crippen LogP) is -0.574. The SMILES string of the molecule is O=C1CCN([O-])C(=O)N1. The number of nitrogens with one attached hydrogen (secondary N) is 1. The van der Waals surface area contributed by atoms with E-state index in [0.29, 0.717) is 0 Å². The molecule has 0 aromatic heterocycles. The molecule has 5 heteroatoms. The van der Waals surface area contributed by atoms with Crippen molar-refractivity contribution in [2.45, 2.75) is 6.42 Å². The third-order valence-corrected chi connectivity index (χ3v) is 1.01. The van der Waals surface area contributed by atoms with Gasteiger partial charge in [-0.2, -0.15) is 0 Å². The fraction of sp³-hybridized carbons (Fsp3) is 0.500. The van der Waals surface area contributed by atoms with Crippen molar-refractivity contribution in [1.82, 2.24) is 10.4 Å². The van der Waals surface area contributed by atoms with Gasteiger partial charge in [0, 0.05) is 13.0 Å². The largest absolute Gasteiger partial charge is 0.755 e. The van der Waals surface area contributed by atoms with Gasteiger partial charge < -0.3 is 10.3 Å². The zero-order chi connectivity index (χ0) is 6.85. The van der Waals surface area contributed by atoms with Gasteiger partial charge in [-0.1, -0.05) is 0 Å². The second-order valence-electron chi connectivity index (χ2n) is 1.71. The van der Waals surface area contributed by atoms with Crippen molar-refractivity contribution >= 4 is 11.9 Å². The highest BCUT2D eigenvalue weighted by Gasteiger charge is 2.14. The Morgan fingerprint density at radius 1 is 1.56 bits per heavy atom. The standard InChI is InChI=1S/C4H5N2O3/c7-3-1-2-6(9)4(8)5-3/h1-2H2,(H,5,7,8)/q-1. The smallest absolute Gasteiger partial charge is 0.313 e. The summed E-state index contributed by atoms with van der Waals surface area (Å²) < 4.78 is 0. The van der Waals surface area contributed by atoms with Gasteiger partial charge in [-0.15, -0.1) is 0 Å². The molecule has 0 spiro atoms. The van der Waals surface area contributed by atoms with Crippen LogP contribution in [-0.2, 0) is 4.79 Å². The number of hydrogen-bond acceptors (Lipinski definition) is 3. The summed E-state index contributed by atoms with van der Waals surface area (Å²) in [6, 6.07) is -0.855. The summed E-state index contributed by atoms with van der Waals surface area (Å²) in [5.74, 6) is -0.382. The molecule has 9 heavy (non-hydrogen) atoms. The van der Waals surface area contributed by atoms with Gasteiger partial charge in [-0.3, -0.25) is 10.1 Å². The average molecular weight is 129 g/mol. The highest BCUT2D eigenvalue weighted by atomic mass is 16.5. The molecule has 5 nitrogen and oxygen atoms in total. The van der Waals surface area contributed by atoms with Crippen molar-refractivity contribution in [3.63, 3.8) is 0 Å². The van der Waals surface area contributed by atoms with Gasteiger partial charge in [0.2, 0.25) is 5.91 Å². The van der Waals surface area contributed by atoms with Crippen LogP contribution in [0.5, 0.6) is 0 Å². The second-order valence-corrected chi connectivity index (χ2v) is 1.71. The molecule has 1 rings (SSSR count). The number of amides is 3. The van der Waals surface area contributed by atoms with Crippen LogP contribution in [0.25, 0.3) is 0 Å². The second kappa shape index (κ2) is 2.02. The van der Waals surface area contributed by atoms with Crippen molar-refractivity contribution in [3.05, 3.63) is 5.21 Å². The Morgan fingerprint density at radius 3 is 2.67 bits per heavy atom. The molecule has 0 radical (unpaired) electrons. The molecular formula is C4H5N2O3-. The third kappa shape index (κ3) is 1.17. The molecule has 1 saturated heterocycles. The van der Waals surface area contributed by atoms with Crippen molar-refractivity contribution < 1.29 is 9.59 Å². The molecule has 1 heterocycles. The van der Waals surface area contributed by atoms with Crippen LogP contribution in [0.1, 0.15) is 6.42 Å². The van der Waals surface area contributed by atoms with Gasteiger partial charge >= 0.3 is 6.03 Å². The van der Waals surface area contributed by atoms with Crippen molar-refractivity contribution in [1.29, 1.82) is 0 Å². The van der Waals surface area contributed by atoms with E-state index in [1.165, 1.54) is 0 Å². The fourth-order valence-corrected chi connectivity index (χ4v) is 0.549. The lowest BCUT2D eigenvalue weighted by atomic mass is 10.3. The number of carbonyl (C=O) groups is 2. The molecule has 1 N–H and O–H groups in total. The minimum Gasteiger partial charge on any atom is -0.755 e. The molecule has 0 aromatic carbocycles. The topological polar surface area (TPSA) is 72.5 Å². The number of imide groups is 1. The van der Waals surface area contributed by atoms with Crippen LogP contribution >= 0.6 is 0 Å². The van der Waals surface area contributed by atoms with E-state index in [1.807, 2.05) is 5.32 Å². The number of hydroxylamine groups is 2. The summed E-state index contributed by atoms with van der Waals surface area (Å²) in [6.45, 7) is -0.0231. The van der Waals surface area contributed by atoms with E-state index in [9.17, 15) is 14.8 Å². The molecule has 0 unspecified atom stereocenters. The monoisotopic (exact) mass is 129 g/mol. The summed E-state index contributed by atoms with van der Waals surface area (Å²) in [7, 11) is 0. The Kier molecular flexibility index (Phi) is 1.35. The van der Waals surface area contributed by atoms with Gasteiger partial charge in [0.1, 0.15) is 0 Å². The van der Waals surface area contributed by atoms with Crippen LogP contribution in [0, 0.1) is 5.21 Å². The Hall–Kier alpha value is -1.10. The highest BCUT2D eigenvalue weighted by molar-refractivity contribution is 5.96. The van der Waals surface area contributed by atoms with E-state index in [1.54, 1.807) is 0 Å². The molecule has 1 aliphatic heterocycles. The first kappa shape index (κ1) is 6.03. The number of carbonyl (C=O) groups excluding carboxylic acids is 2. The van der Waals surface area contributed by atoms with E-state index in [4.69, 9.17) is 0 Å². The summed E-state index contributed by atoms with van der Waals surface area (Å²) >= 11 is 0. The Morgan fingerprint density at radius 2 is 2.22 bits per heavy atom. The van der Waals surface area contributed by atoms with Crippen LogP contribution in [0.4, 0.5) is 4.79 Å². The van der Waals surface area contributed by atoms with Gasteiger partial charge in [-0.25, -0.2) is 4.79 Å². The first-order valence-electron chi connectivity index (χ1n) is 2.48. The maximum Gasteiger partial charge on any atom is 0.313 e. The summed E-state index contributed by atoms with van der Waals surface area (Å²) in [6.07, 6.45) is 0.106. The minimum atomic E-state index is -0.855. The molecule has 0 aliphatic carbocycles. The maximum absolute atomic E-state index is 10.3. The quantitative estimate of drug-likeness (QED) is 0.475. The van der Waals surface area contributed by atoms with Crippen molar-refractivity contribution in [3.8, 4) is 0 Å². The lowest BCUT2D eigenvalue weighted by molar-refractivity contribution is -0.121. The molecule has 0 saturated carbocycles. The third-order valence-electron chi connectivity index (χ3n) is 1.01. The first-order valence-corrected chi connectivity index (χ1v) is 2.48. The van der Waals surface area contributed by atoms with E-state index < -0.39 is 6.03 Å². The van der Waals surface area contributed by atoms with Crippen molar-refractivity contribution in [2.24, 2.45) is 0 Å². The van der Waals surface area contributed by atoms with E-state index in [-0.39, 0.29) is 23.9 Å². The molecule has 0 bridgehead atoms. The zero-order valence-corrected chi connectivity index (χ0v) is 4.59. The number of hydrogen-bond donors (Lipinski definition) is 1. The summed E-state index contributed by atoms with van der Waals surface area (Å²) in [5, 5.41) is 12.4. The molecule has 0 aromatic rings. The van der Waals surface area contributed by atoms with Gasteiger partial charge in [0.25, 0.3) is 0 Å². The Bertz CT molecular complexity index is 156. The predicted molar refractivity (Wildman–Crippen MR) is 28.2 cm³/mol. The zero-order valence-electron chi connectivity index (χ0n) is 4.59. The average Bonchev–Trinajstić information content (AvgIpc) is 1.80. The molecule has 1 fully saturated rings. The van der Waals surface area contributed by atoms with Gasteiger partial charge in [0.05, 0.1) is 0 Å². The van der Waals surface area contributed by atoms with E-state index in [0.717, 1.165) is 0 Å². The number of urea groups is 1. The minimum absolute atomic E-state index is 0.0231. The van der Waals surface area contributed by atoms with E-state index in [2.05, 4.69) is 0 Å². The lowest BCUT2D eigenvalue weighted by Gasteiger charge is -2.30. The summed E-state index contributed by atoms with van der Waals surface area (Å²) in [5.41, 5.74) is 0. The van der Waals surface area contributed by atoms with Crippen LogP contribution in [0.15, 0.2) is 0 Å². The molecular weight excluding hydrogens is 124 g/mol. The maximum atomic E-state index is 10.3. The van der Waals surface area contributed by atoms with Gasteiger partial charge in [0.15, 0.2) is 0 Å². The molecule has 0 atom stereocenters. The number of nitrogens with zero attached hydrogens (tertiary/aromatic N) is 1. The first-order chi connectivity index (χ1) is 4.20.